The van der Waals surface area contributed by atoms with Crippen LogP contribution in [-0.4, -0.2) is 24.7 Å². The highest BCUT2D eigenvalue weighted by molar-refractivity contribution is 5.33. The van der Waals surface area contributed by atoms with Gasteiger partial charge in [0.2, 0.25) is 0 Å². The van der Waals surface area contributed by atoms with Crippen molar-refractivity contribution in [2.45, 2.75) is 25.9 Å². The molecule has 0 spiro atoms. The van der Waals surface area contributed by atoms with Gasteiger partial charge < -0.3 is 0 Å². The first-order valence-electron chi connectivity index (χ1n) is 5.05. The molecule has 1 atom stereocenters. The number of rotatable bonds is 1. The average Bonchev–Trinajstić information content (AvgIpc) is 2.16. The van der Waals surface area contributed by atoms with E-state index in [0.29, 0.717) is 0 Å². The lowest BCUT2D eigenvalue weighted by molar-refractivity contribution is 0.179. The molecule has 0 saturated heterocycles. The summed E-state index contributed by atoms with van der Waals surface area (Å²) in [6.45, 7) is 2.73. The van der Waals surface area contributed by atoms with E-state index in [1.165, 1.54) is 16.7 Å². The van der Waals surface area contributed by atoms with Gasteiger partial charge in [-0.15, -0.1) is 0 Å². The highest BCUT2D eigenvalue weighted by Gasteiger charge is 2.22. The lowest BCUT2D eigenvalue weighted by Gasteiger charge is -2.32. The van der Waals surface area contributed by atoms with E-state index in [2.05, 4.69) is 30.0 Å². The molecule has 1 unspecified atom stereocenters. The molecule has 0 aromatic heterocycles. The summed E-state index contributed by atoms with van der Waals surface area (Å²) in [5.41, 5.74) is 3.96. The molecule has 1 aliphatic heterocycles. The van der Waals surface area contributed by atoms with Crippen LogP contribution in [0.1, 0.15) is 16.7 Å². The number of benzene rings is 1. The number of likely N-dealkylation sites (N-methyl/N-ethyl adjacent to an activating group) is 1. The zero-order valence-electron chi connectivity index (χ0n) is 8.76. The molecule has 1 nitrogen and oxygen atoms in total. The van der Waals surface area contributed by atoms with Crippen LogP contribution in [0.3, 0.4) is 0 Å². The summed E-state index contributed by atoms with van der Waals surface area (Å²) in [6, 6.07) is 6.53. The normalized spacial score (nSPS) is 22.1. The summed E-state index contributed by atoms with van der Waals surface area (Å²) in [5, 5.41) is 0. The van der Waals surface area contributed by atoms with Gasteiger partial charge in [0.15, 0.2) is 0 Å². The van der Waals surface area contributed by atoms with Crippen molar-refractivity contribution in [2.24, 2.45) is 0 Å². The summed E-state index contributed by atoms with van der Waals surface area (Å²) in [6.07, 6.45) is 0.850. The quantitative estimate of drug-likeness (QED) is 0.661. The second-order valence-electron chi connectivity index (χ2n) is 4.20. The first-order chi connectivity index (χ1) is 6.70. The fourth-order valence-electron chi connectivity index (χ4n) is 2.08. The van der Waals surface area contributed by atoms with Crippen LogP contribution < -0.4 is 0 Å². The Morgan fingerprint density at radius 3 is 2.93 bits per heavy atom. The lowest BCUT2D eigenvalue weighted by atomic mass is 9.94. The molecule has 1 aromatic rings. The topological polar surface area (TPSA) is 3.24 Å². The zero-order chi connectivity index (χ0) is 10.1. The van der Waals surface area contributed by atoms with Crippen LogP contribution in [0.4, 0.5) is 4.39 Å². The Hall–Kier alpha value is -0.890. The molecule has 2 rings (SSSR count). The first kappa shape index (κ1) is 9.66. The van der Waals surface area contributed by atoms with Gasteiger partial charge >= 0.3 is 0 Å². The number of hydrogen-bond donors (Lipinski definition) is 0. The van der Waals surface area contributed by atoms with Crippen LogP contribution in [-0.2, 0) is 13.0 Å². The van der Waals surface area contributed by atoms with Crippen molar-refractivity contribution >= 4 is 0 Å². The van der Waals surface area contributed by atoms with Gasteiger partial charge in [0.1, 0.15) is 6.67 Å². The van der Waals surface area contributed by atoms with Gasteiger partial charge in [-0.25, -0.2) is 4.39 Å². The van der Waals surface area contributed by atoms with E-state index in [0.717, 1.165) is 13.0 Å². The third kappa shape index (κ3) is 1.67. The minimum absolute atomic E-state index is 0.0743. The molecule has 76 valence electrons. The molecule has 1 aliphatic rings. The van der Waals surface area contributed by atoms with Gasteiger partial charge in [0.25, 0.3) is 0 Å². The molecule has 0 N–H and O–H groups in total. The van der Waals surface area contributed by atoms with Crippen LogP contribution in [0.5, 0.6) is 0 Å². The van der Waals surface area contributed by atoms with E-state index in [-0.39, 0.29) is 12.7 Å². The van der Waals surface area contributed by atoms with E-state index < -0.39 is 0 Å². The highest BCUT2D eigenvalue weighted by Crippen LogP contribution is 2.23. The first-order valence-corrected chi connectivity index (χ1v) is 5.05. The maximum atomic E-state index is 12.7. The monoisotopic (exact) mass is 193 g/mol. The second-order valence-corrected chi connectivity index (χ2v) is 4.20. The Morgan fingerprint density at radius 1 is 1.43 bits per heavy atom. The van der Waals surface area contributed by atoms with E-state index >= 15 is 0 Å². The molecule has 0 bridgehead atoms. The van der Waals surface area contributed by atoms with Crippen molar-refractivity contribution in [2.75, 3.05) is 13.7 Å². The molecule has 0 amide bonds. The fraction of sp³-hybridized carbons (Fsp3) is 0.500. The minimum Gasteiger partial charge on any atom is -0.296 e. The third-order valence-electron chi connectivity index (χ3n) is 3.04. The molecule has 1 aromatic carbocycles. The molecule has 1 heterocycles. The van der Waals surface area contributed by atoms with Crippen molar-refractivity contribution in [3.05, 3.63) is 34.9 Å². The standard InChI is InChI=1S/C12H16FN/c1-9-3-4-10-6-12(7-13)14(2)8-11(10)5-9/h3-5,12H,6-8H2,1-2H3. The largest absolute Gasteiger partial charge is 0.296 e. The molecule has 0 aliphatic carbocycles. The predicted octanol–water partition coefficient (Wildman–Crippen LogP) is 2.32. The maximum Gasteiger partial charge on any atom is 0.105 e. The molecule has 2 heteroatoms. The summed E-state index contributed by atoms with van der Waals surface area (Å²) >= 11 is 0. The van der Waals surface area contributed by atoms with Gasteiger partial charge in [0.05, 0.1) is 0 Å². The van der Waals surface area contributed by atoms with Crippen LogP contribution in [0.2, 0.25) is 0 Å². The smallest absolute Gasteiger partial charge is 0.105 e. The van der Waals surface area contributed by atoms with Crippen LogP contribution in [0, 0.1) is 6.92 Å². The van der Waals surface area contributed by atoms with E-state index in [4.69, 9.17) is 0 Å². The molecular formula is C12H16FN. The Morgan fingerprint density at radius 2 is 2.21 bits per heavy atom. The third-order valence-corrected chi connectivity index (χ3v) is 3.04. The van der Waals surface area contributed by atoms with Gasteiger partial charge in [-0.05, 0) is 31.5 Å². The van der Waals surface area contributed by atoms with Crippen molar-refractivity contribution < 1.29 is 4.39 Å². The molecule has 14 heavy (non-hydrogen) atoms. The summed E-state index contributed by atoms with van der Waals surface area (Å²) in [4.78, 5) is 2.10. The van der Waals surface area contributed by atoms with Gasteiger partial charge in [0, 0.05) is 12.6 Å². The zero-order valence-corrected chi connectivity index (χ0v) is 8.76. The Bertz CT molecular complexity index is 335. The van der Waals surface area contributed by atoms with Crippen molar-refractivity contribution in [1.29, 1.82) is 0 Å². The number of fused-ring (bicyclic) bond motifs is 1. The lowest BCUT2D eigenvalue weighted by Crippen LogP contribution is -2.38. The summed E-state index contributed by atoms with van der Waals surface area (Å²) < 4.78 is 12.7. The highest BCUT2D eigenvalue weighted by atomic mass is 19.1. The van der Waals surface area contributed by atoms with Crippen LogP contribution in [0.15, 0.2) is 18.2 Å². The summed E-state index contributed by atoms with van der Waals surface area (Å²) in [5.74, 6) is 0. The average molecular weight is 193 g/mol. The fourth-order valence-corrected chi connectivity index (χ4v) is 2.08. The molecule has 0 fully saturated rings. The maximum absolute atomic E-state index is 12.7. The van der Waals surface area contributed by atoms with Crippen molar-refractivity contribution in [3.63, 3.8) is 0 Å². The number of aryl methyl sites for hydroxylation is 1. The summed E-state index contributed by atoms with van der Waals surface area (Å²) in [7, 11) is 2.00. The van der Waals surface area contributed by atoms with Crippen LogP contribution >= 0.6 is 0 Å². The van der Waals surface area contributed by atoms with E-state index in [1.54, 1.807) is 0 Å². The molecular weight excluding hydrogens is 177 g/mol. The van der Waals surface area contributed by atoms with E-state index in [9.17, 15) is 4.39 Å². The Labute approximate surface area is 84.5 Å². The Kier molecular flexibility index (Phi) is 2.55. The van der Waals surface area contributed by atoms with Gasteiger partial charge in [-0.2, -0.15) is 0 Å². The number of halogens is 1. The second kappa shape index (κ2) is 3.70. The molecule has 0 radical (unpaired) electrons. The predicted molar refractivity (Wildman–Crippen MR) is 56.1 cm³/mol. The van der Waals surface area contributed by atoms with E-state index in [1.807, 2.05) is 7.05 Å². The Balaban J connectivity index is 2.30. The van der Waals surface area contributed by atoms with Gasteiger partial charge in [-0.1, -0.05) is 23.8 Å². The SMILES string of the molecule is Cc1ccc2c(c1)CN(C)C(CF)C2. The number of alkyl halides is 1. The van der Waals surface area contributed by atoms with Gasteiger partial charge in [-0.3, -0.25) is 4.90 Å². The van der Waals surface area contributed by atoms with Crippen molar-refractivity contribution in [3.8, 4) is 0 Å². The number of hydrogen-bond acceptors (Lipinski definition) is 1. The number of nitrogens with zero attached hydrogens (tertiary/aromatic N) is 1. The van der Waals surface area contributed by atoms with Crippen molar-refractivity contribution in [1.82, 2.24) is 4.90 Å². The minimum atomic E-state index is -0.246. The van der Waals surface area contributed by atoms with Crippen LogP contribution in [0.25, 0.3) is 0 Å². The molecule has 0 saturated carbocycles.